The van der Waals surface area contributed by atoms with Crippen molar-refractivity contribution in [3.8, 4) is 17.5 Å². The smallest absolute Gasteiger partial charge is 0.336 e. The van der Waals surface area contributed by atoms with Crippen LogP contribution in [0, 0.1) is 0 Å². The van der Waals surface area contributed by atoms with Crippen molar-refractivity contribution in [1.29, 1.82) is 0 Å². The first-order chi connectivity index (χ1) is 9.67. The van der Waals surface area contributed by atoms with Gasteiger partial charge in [-0.15, -0.1) is 5.10 Å². The zero-order valence-corrected chi connectivity index (χ0v) is 11.3. The summed E-state index contributed by atoms with van der Waals surface area (Å²) in [6.45, 7) is 0. The molecule has 0 saturated heterocycles. The minimum Gasteiger partial charge on any atom is -0.497 e. The van der Waals surface area contributed by atoms with Gasteiger partial charge in [-0.25, -0.2) is 5.10 Å². The summed E-state index contributed by atoms with van der Waals surface area (Å²) in [4.78, 5) is 16.0. The van der Waals surface area contributed by atoms with Crippen molar-refractivity contribution in [3.05, 3.63) is 23.8 Å². The molecule has 0 saturated carbocycles. The fourth-order valence-electron chi connectivity index (χ4n) is 1.55. The molecule has 0 aliphatic heterocycles. The van der Waals surface area contributed by atoms with E-state index in [9.17, 15) is 4.79 Å². The second-order valence-corrected chi connectivity index (χ2v) is 3.69. The van der Waals surface area contributed by atoms with Crippen LogP contribution in [-0.4, -0.2) is 42.4 Å². The molecule has 0 aliphatic rings. The minimum atomic E-state index is -0.386. The van der Waals surface area contributed by atoms with Crippen molar-refractivity contribution in [2.24, 2.45) is 0 Å². The maximum atomic E-state index is 12.1. The number of nitrogens with one attached hydrogen (secondary N) is 2. The van der Waals surface area contributed by atoms with Crippen LogP contribution in [0.15, 0.2) is 18.2 Å². The number of rotatable bonds is 5. The molecule has 20 heavy (non-hydrogen) atoms. The monoisotopic (exact) mass is 278 g/mol. The molecule has 1 aromatic heterocycles. The first kappa shape index (κ1) is 13.7. The Morgan fingerprint density at radius 2 is 2.00 bits per heavy atom. The number of benzene rings is 1. The highest BCUT2D eigenvalue weighted by molar-refractivity contribution is 6.05. The van der Waals surface area contributed by atoms with Crippen LogP contribution in [0.25, 0.3) is 0 Å². The van der Waals surface area contributed by atoms with E-state index < -0.39 is 0 Å². The number of nitrogens with zero attached hydrogens (tertiary/aromatic N) is 2. The molecule has 0 unspecified atom stereocenters. The van der Waals surface area contributed by atoms with Crippen molar-refractivity contribution in [2.45, 2.75) is 0 Å². The number of aromatic nitrogens is 3. The van der Waals surface area contributed by atoms with Gasteiger partial charge in [0, 0.05) is 6.07 Å². The Morgan fingerprint density at radius 3 is 2.60 bits per heavy atom. The molecule has 8 heteroatoms. The van der Waals surface area contributed by atoms with Gasteiger partial charge in [-0.1, -0.05) is 0 Å². The number of carbonyl (C=O) groups is 1. The highest BCUT2D eigenvalue weighted by Crippen LogP contribution is 2.25. The summed E-state index contributed by atoms with van der Waals surface area (Å²) < 4.78 is 15.0. The van der Waals surface area contributed by atoms with Gasteiger partial charge < -0.3 is 14.2 Å². The molecule has 0 atom stereocenters. The van der Waals surface area contributed by atoms with E-state index in [0.29, 0.717) is 17.1 Å². The number of anilines is 1. The van der Waals surface area contributed by atoms with Gasteiger partial charge in [0.05, 0.1) is 26.9 Å². The van der Waals surface area contributed by atoms with Crippen molar-refractivity contribution < 1.29 is 19.0 Å². The standard InChI is InChI=1S/C12H14N4O4/c1-18-7-4-5-8(9(6-7)19-2)10(17)13-11-14-12(20-3)16-15-11/h4-6H,1-3H3,(H2,13,14,15,16,17). The lowest BCUT2D eigenvalue weighted by Gasteiger charge is -2.09. The average molecular weight is 278 g/mol. The Hall–Kier alpha value is -2.77. The summed E-state index contributed by atoms with van der Waals surface area (Å²) in [6, 6.07) is 5.02. The Bertz CT molecular complexity index is 611. The van der Waals surface area contributed by atoms with Gasteiger partial charge in [-0.2, -0.15) is 4.98 Å². The average Bonchev–Trinajstić information content (AvgIpc) is 2.94. The molecule has 1 amide bonds. The van der Waals surface area contributed by atoms with Crippen molar-refractivity contribution in [2.75, 3.05) is 26.6 Å². The number of hydrogen-bond acceptors (Lipinski definition) is 6. The van der Waals surface area contributed by atoms with E-state index in [1.54, 1.807) is 18.2 Å². The van der Waals surface area contributed by atoms with Crippen LogP contribution >= 0.6 is 0 Å². The van der Waals surface area contributed by atoms with Gasteiger partial charge in [-0.05, 0) is 12.1 Å². The maximum Gasteiger partial charge on any atom is 0.336 e. The van der Waals surface area contributed by atoms with Crippen LogP contribution < -0.4 is 19.5 Å². The lowest BCUT2D eigenvalue weighted by molar-refractivity contribution is 0.102. The first-order valence-electron chi connectivity index (χ1n) is 5.67. The number of aromatic amines is 1. The number of ether oxygens (including phenoxy) is 3. The molecular formula is C12H14N4O4. The summed E-state index contributed by atoms with van der Waals surface area (Å²) >= 11 is 0. The third-order valence-electron chi connectivity index (χ3n) is 2.53. The third kappa shape index (κ3) is 2.79. The predicted octanol–water partition coefficient (Wildman–Crippen LogP) is 1.08. The largest absolute Gasteiger partial charge is 0.497 e. The van der Waals surface area contributed by atoms with Gasteiger partial charge in [0.2, 0.25) is 5.95 Å². The lowest BCUT2D eigenvalue weighted by atomic mass is 10.2. The number of carbonyl (C=O) groups excluding carboxylic acids is 1. The molecular weight excluding hydrogens is 264 g/mol. The van der Waals surface area contributed by atoms with Crippen molar-refractivity contribution >= 4 is 11.9 Å². The first-order valence-corrected chi connectivity index (χ1v) is 5.67. The Labute approximate surface area is 115 Å². The second kappa shape index (κ2) is 5.91. The van der Waals surface area contributed by atoms with Gasteiger partial charge in [0.25, 0.3) is 5.91 Å². The number of hydrogen-bond donors (Lipinski definition) is 2. The maximum absolute atomic E-state index is 12.1. The summed E-state index contributed by atoms with van der Waals surface area (Å²) in [6.07, 6.45) is 0. The molecule has 0 aliphatic carbocycles. The molecule has 2 N–H and O–H groups in total. The van der Waals surface area contributed by atoms with E-state index in [-0.39, 0.29) is 17.9 Å². The number of H-pyrrole nitrogens is 1. The number of methoxy groups -OCH3 is 3. The van der Waals surface area contributed by atoms with Gasteiger partial charge >= 0.3 is 6.01 Å². The molecule has 0 spiro atoms. The molecule has 106 valence electrons. The zero-order chi connectivity index (χ0) is 14.5. The van der Waals surface area contributed by atoms with Crippen molar-refractivity contribution in [1.82, 2.24) is 15.2 Å². The molecule has 2 rings (SSSR count). The lowest BCUT2D eigenvalue weighted by Crippen LogP contribution is -2.14. The van der Waals surface area contributed by atoms with Gasteiger partial charge in [0.15, 0.2) is 0 Å². The van der Waals surface area contributed by atoms with Crippen LogP contribution in [0.2, 0.25) is 0 Å². The van der Waals surface area contributed by atoms with Crippen LogP contribution in [0.5, 0.6) is 17.5 Å². The summed E-state index contributed by atoms with van der Waals surface area (Å²) in [5.41, 5.74) is 0.351. The molecule has 0 bridgehead atoms. The molecule has 2 aromatic rings. The highest BCUT2D eigenvalue weighted by atomic mass is 16.5. The van der Waals surface area contributed by atoms with Crippen LogP contribution in [0.4, 0.5) is 5.95 Å². The minimum absolute atomic E-state index is 0.141. The van der Waals surface area contributed by atoms with Crippen molar-refractivity contribution in [3.63, 3.8) is 0 Å². The van der Waals surface area contributed by atoms with Crippen LogP contribution in [0.3, 0.4) is 0 Å². The van der Waals surface area contributed by atoms with Crippen LogP contribution in [0.1, 0.15) is 10.4 Å². The Balaban J connectivity index is 2.20. The molecule has 1 aromatic carbocycles. The third-order valence-corrected chi connectivity index (χ3v) is 2.53. The predicted molar refractivity (Wildman–Crippen MR) is 70.4 cm³/mol. The van der Waals surface area contributed by atoms with E-state index in [4.69, 9.17) is 14.2 Å². The zero-order valence-electron chi connectivity index (χ0n) is 11.3. The van der Waals surface area contributed by atoms with E-state index in [1.807, 2.05) is 0 Å². The summed E-state index contributed by atoms with van der Waals surface area (Å²) in [5, 5.41) is 8.82. The Kier molecular flexibility index (Phi) is 4.04. The fourth-order valence-corrected chi connectivity index (χ4v) is 1.55. The molecule has 8 nitrogen and oxygen atoms in total. The highest BCUT2D eigenvalue weighted by Gasteiger charge is 2.15. The SMILES string of the molecule is COc1ccc(C(=O)Nc2nc(OC)n[nH]2)c(OC)c1. The van der Waals surface area contributed by atoms with E-state index in [1.165, 1.54) is 21.3 Å². The molecule has 1 heterocycles. The van der Waals surface area contributed by atoms with E-state index >= 15 is 0 Å². The van der Waals surface area contributed by atoms with Gasteiger partial charge in [0.1, 0.15) is 11.5 Å². The Morgan fingerprint density at radius 1 is 1.20 bits per heavy atom. The quantitative estimate of drug-likeness (QED) is 0.849. The fraction of sp³-hybridized carbons (Fsp3) is 0.250. The summed E-state index contributed by atoms with van der Waals surface area (Å²) in [5.74, 6) is 0.793. The van der Waals surface area contributed by atoms with E-state index in [0.717, 1.165) is 0 Å². The second-order valence-electron chi connectivity index (χ2n) is 3.69. The number of amides is 1. The summed E-state index contributed by atoms with van der Waals surface area (Å²) in [7, 11) is 4.44. The molecule has 0 radical (unpaired) electrons. The molecule has 0 fully saturated rings. The van der Waals surface area contributed by atoms with E-state index in [2.05, 4.69) is 20.5 Å². The van der Waals surface area contributed by atoms with Crippen LogP contribution in [-0.2, 0) is 0 Å². The topological polar surface area (TPSA) is 98.4 Å². The van der Waals surface area contributed by atoms with Gasteiger partial charge in [-0.3, -0.25) is 10.1 Å². The normalized spacial score (nSPS) is 9.95.